The first kappa shape index (κ1) is 16.0. The molecule has 0 radical (unpaired) electrons. The van der Waals surface area contributed by atoms with Crippen LogP contribution in [0.2, 0.25) is 0 Å². The third kappa shape index (κ3) is 3.71. The minimum Gasteiger partial charge on any atom is -0.303 e. The molecule has 116 valence electrons. The van der Waals surface area contributed by atoms with E-state index in [-0.39, 0.29) is 18.1 Å². The van der Waals surface area contributed by atoms with Crippen molar-refractivity contribution in [3.8, 4) is 0 Å². The van der Waals surface area contributed by atoms with E-state index < -0.39 is 6.03 Å². The van der Waals surface area contributed by atoms with Crippen LogP contribution in [0.5, 0.6) is 0 Å². The highest BCUT2D eigenvalue weighted by molar-refractivity contribution is 9.10. The predicted octanol–water partition coefficient (Wildman–Crippen LogP) is 4.30. The summed E-state index contributed by atoms with van der Waals surface area (Å²) in [6.07, 6.45) is 1.67. The van der Waals surface area contributed by atoms with Crippen LogP contribution in [0.25, 0.3) is 6.08 Å². The number of amides is 3. The van der Waals surface area contributed by atoms with Gasteiger partial charge in [-0.3, -0.25) is 9.69 Å². The molecule has 3 amide bonds. The van der Waals surface area contributed by atoms with E-state index in [0.717, 1.165) is 20.1 Å². The van der Waals surface area contributed by atoms with Crippen molar-refractivity contribution in [2.24, 2.45) is 0 Å². The molecular weight excluding hydrogens is 424 g/mol. The maximum Gasteiger partial charge on any atom is 0.329 e. The Morgan fingerprint density at radius 2 is 1.74 bits per heavy atom. The van der Waals surface area contributed by atoms with Crippen molar-refractivity contribution in [3.05, 3.63) is 74.3 Å². The Bertz CT molecular complexity index is 800. The van der Waals surface area contributed by atoms with E-state index in [1.54, 1.807) is 6.08 Å². The van der Waals surface area contributed by atoms with Gasteiger partial charge >= 0.3 is 6.03 Å². The van der Waals surface area contributed by atoms with Crippen LogP contribution >= 0.6 is 31.9 Å². The number of urea groups is 1. The largest absolute Gasteiger partial charge is 0.329 e. The smallest absolute Gasteiger partial charge is 0.303 e. The Morgan fingerprint density at radius 3 is 2.43 bits per heavy atom. The van der Waals surface area contributed by atoms with Crippen LogP contribution in [0.4, 0.5) is 4.79 Å². The molecule has 0 spiro atoms. The highest BCUT2D eigenvalue weighted by Gasteiger charge is 2.33. The number of hydrogen-bond donors (Lipinski definition) is 1. The van der Waals surface area contributed by atoms with E-state index >= 15 is 0 Å². The third-order valence-electron chi connectivity index (χ3n) is 3.38. The predicted molar refractivity (Wildman–Crippen MR) is 95.3 cm³/mol. The van der Waals surface area contributed by atoms with Crippen molar-refractivity contribution in [1.29, 1.82) is 0 Å². The molecule has 1 fully saturated rings. The normalized spacial score (nSPS) is 16.1. The van der Waals surface area contributed by atoms with Gasteiger partial charge in [-0.05, 0) is 41.5 Å². The molecule has 1 aliphatic rings. The third-order valence-corrected chi connectivity index (χ3v) is 4.40. The van der Waals surface area contributed by atoms with Gasteiger partial charge in [0.2, 0.25) is 0 Å². The Balaban J connectivity index is 1.81. The molecule has 1 heterocycles. The van der Waals surface area contributed by atoms with E-state index in [0.29, 0.717) is 0 Å². The molecule has 1 saturated heterocycles. The summed E-state index contributed by atoms with van der Waals surface area (Å²) in [7, 11) is 0. The van der Waals surface area contributed by atoms with Gasteiger partial charge in [-0.15, -0.1) is 0 Å². The van der Waals surface area contributed by atoms with Gasteiger partial charge in [0.1, 0.15) is 5.70 Å². The molecule has 4 nitrogen and oxygen atoms in total. The lowest BCUT2D eigenvalue weighted by Crippen LogP contribution is -2.30. The van der Waals surface area contributed by atoms with Crippen molar-refractivity contribution < 1.29 is 9.59 Å². The topological polar surface area (TPSA) is 49.4 Å². The summed E-state index contributed by atoms with van der Waals surface area (Å²) in [5.74, 6) is -0.321. The molecule has 3 rings (SSSR count). The van der Waals surface area contributed by atoms with Crippen LogP contribution in [-0.4, -0.2) is 16.8 Å². The molecule has 1 aliphatic heterocycles. The number of nitrogens with zero attached hydrogens (tertiary/aromatic N) is 1. The van der Waals surface area contributed by atoms with Crippen LogP contribution in [0, 0.1) is 0 Å². The second-order valence-corrected chi connectivity index (χ2v) is 6.89. The first-order chi connectivity index (χ1) is 11.0. The lowest BCUT2D eigenvalue weighted by Gasteiger charge is -2.11. The molecule has 0 aromatic heterocycles. The number of carbonyl (C=O) groups is 2. The summed E-state index contributed by atoms with van der Waals surface area (Å²) in [6.45, 7) is 0.244. The maximum atomic E-state index is 12.4. The van der Waals surface area contributed by atoms with Crippen molar-refractivity contribution in [1.82, 2.24) is 10.2 Å². The van der Waals surface area contributed by atoms with Gasteiger partial charge in [0.25, 0.3) is 5.91 Å². The van der Waals surface area contributed by atoms with E-state index in [4.69, 9.17) is 0 Å². The maximum absolute atomic E-state index is 12.4. The number of benzene rings is 2. The molecule has 0 atom stereocenters. The fourth-order valence-corrected chi connectivity index (χ4v) is 2.93. The van der Waals surface area contributed by atoms with Gasteiger partial charge < -0.3 is 5.32 Å². The van der Waals surface area contributed by atoms with Crippen LogP contribution < -0.4 is 5.32 Å². The second-order valence-electron chi connectivity index (χ2n) is 5.06. The molecular formula is C17H12Br2N2O2. The van der Waals surface area contributed by atoms with Gasteiger partial charge in [-0.25, -0.2) is 4.79 Å². The molecule has 6 heteroatoms. The highest BCUT2D eigenvalue weighted by atomic mass is 79.9. The van der Waals surface area contributed by atoms with Crippen LogP contribution in [0.1, 0.15) is 11.1 Å². The number of hydrogen-bond acceptors (Lipinski definition) is 2. The number of imide groups is 1. The highest BCUT2D eigenvalue weighted by Crippen LogP contribution is 2.19. The SMILES string of the molecule is O=C1N/C(=C/c2cccc(Br)c2)C(=O)N1Cc1ccc(Br)cc1. The van der Waals surface area contributed by atoms with E-state index in [9.17, 15) is 9.59 Å². The average Bonchev–Trinajstić information content (AvgIpc) is 2.77. The first-order valence-electron chi connectivity index (χ1n) is 6.87. The lowest BCUT2D eigenvalue weighted by molar-refractivity contribution is -0.123. The molecule has 23 heavy (non-hydrogen) atoms. The summed E-state index contributed by atoms with van der Waals surface area (Å²) >= 11 is 6.75. The molecule has 0 bridgehead atoms. The standard InChI is InChI=1S/C17H12Br2N2O2/c18-13-6-4-11(5-7-13)10-21-16(22)15(20-17(21)23)9-12-2-1-3-14(19)8-12/h1-9H,10H2,(H,20,23)/b15-9+. The van der Waals surface area contributed by atoms with Crippen LogP contribution in [0.15, 0.2) is 63.2 Å². The van der Waals surface area contributed by atoms with Gasteiger partial charge in [0.05, 0.1) is 6.54 Å². The van der Waals surface area contributed by atoms with Gasteiger partial charge in [0, 0.05) is 8.95 Å². The van der Waals surface area contributed by atoms with Crippen molar-refractivity contribution in [3.63, 3.8) is 0 Å². The summed E-state index contributed by atoms with van der Waals surface area (Å²) in [6, 6.07) is 14.6. The lowest BCUT2D eigenvalue weighted by atomic mass is 10.2. The van der Waals surface area contributed by atoms with Gasteiger partial charge in [-0.1, -0.05) is 56.1 Å². The fourth-order valence-electron chi connectivity index (χ4n) is 2.25. The minimum absolute atomic E-state index is 0.244. The van der Waals surface area contributed by atoms with E-state index in [1.165, 1.54) is 4.90 Å². The minimum atomic E-state index is -0.404. The zero-order valence-electron chi connectivity index (χ0n) is 11.9. The molecule has 0 saturated carbocycles. The zero-order chi connectivity index (χ0) is 16.4. The van der Waals surface area contributed by atoms with Crippen LogP contribution in [-0.2, 0) is 11.3 Å². The molecule has 2 aromatic rings. The van der Waals surface area contributed by atoms with E-state index in [1.807, 2.05) is 48.5 Å². The van der Waals surface area contributed by atoms with Crippen LogP contribution in [0.3, 0.4) is 0 Å². The second kappa shape index (κ2) is 6.68. The Hall–Kier alpha value is -1.92. The molecule has 2 aromatic carbocycles. The quantitative estimate of drug-likeness (QED) is 0.577. The molecule has 0 unspecified atom stereocenters. The molecule has 0 aliphatic carbocycles. The average molecular weight is 436 g/mol. The van der Waals surface area contributed by atoms with Crippen molar-refractivity contribution >= 4 is 49.9 Å². The summed E-state index contributed by atoms with van der Waals surface area (Å²) in [5.41, 5.74) is 2.01. The number of halogens is 2. The summed E-state index contributed by atoms with van der Waals surface area (Å²) in [5, 5.41) is 2.63. The van der Waals surface area contributed by atoms with Crippen molar-refractivity contribution in [2.45, 2.75) is 6.54 Å². The fraction of sp³-hybridized carbons (Fsp3) is 0.0588. The summed E-state index contributed by atoms with van der Waals surface area (Å²) in [4.78, 5) is 25.7. The Labute approximate surface area is 150 Å². The summed E-state index contributed by atoms with van der Waals surface area (Å²) < 4.78 is 1.86. The Morgan fingerprint density at radius 1 is 1.00 bits per heavy atom. The Kier molecular flexibility index (Phi) is 4.63. The van der Waals surface area contributed by atoms with Gasteiger partial charge in [0.15, 0.2) is 0 Å². The van der Waals surface area contributed by atoms with Gasteiger partial charge in [-0.2, -0.15) is 0 Å². The number of rotatable bonds is 3. The number of carbonyl (C=O) groups excluding carboxylic acids is 2. The van der Waals surface area contributed by atoms with E-state index in [2.05, 4.69) is 37.2 Å². The number of nitrogens with one attached hydrogen (secondary N) is 1. The zero-order valence-corrected chi connectivity index (χ0v) is 15.1. The first-order valence-corrected chi connectivity index (χ1v) is 8.46. The van der Waals surface area contributed by atoms with Crippen molar-refractivity contribution in [2.75, 3.05) is 0 Å². The monoisotopic (exact) mass is 434 g/mol. The molecule has 1 N–H and O–H groups in total.